The SMILES string of the molecule is COCCOCCOC(=O)CCCCC(=O)OCCOC(=O)CCCCC(=O)C(C)(C)OCCOCCOC. The molecule has 0 aliphatic heterocycles. The largest absolute Gasteiger partial charge is 0.463 e. The summed E-state index contributed by atoms with van der Waals surface area (Å²) in [6, 6.07) is 0. The molecule has 0 aliphatic carbocycles. The fraction of sp³-hybridized carbons (Fsp3) is 0.852. The average Bonchev–Trinajstić information content (AvgIpc) is 2.90. The molecule has 0 aromatic rings. The fourth-order valence-corrected chi connectivity index (χ4v) is 3.06. The van der Waals surface area contributed by atoms with Crippen LogP contribution in [0.5, 0.6) is 0 Å². The van der Waals surface area contributed by atoms with Crippen molar-refractivity contribution in [2.45, 2.75) is 70.8 Å². The van der Waals surface area contributed by atoms with E-state index in [4.69, 9.17) is 37.9 Å². The molecule has 0 aliphatic rings. The maximum atomic E-state index is 12.4. The van der Waals surface area contributed by atoms with E-state index in [1.54, 1.807) is 28.1 Å². The van der Waals surface area contributed by atoms with Gasteiger partial charge in [0.25, 0.3) is 0 Å². The summed E-state index contributed by atoms with van der Waals surface area (Å²) in [4.78, 5) is 47.6. The van der Waals surface area contributed by atoms with Crippen LogP contribution in [0.15, 0.2) is 0 Å². The normalized spacial score (nSPS) is 11.3. The predicted molar refractivity (Wildman–Crippen MR) is 140 cm³/mol. The first kappa shape index (κ1) is 36.9. The molecule has 0 atom stereocenters. The molecule has 0 amide bonds. The molecular weight excluding hydrogens is 516 g/mol. The Balaban J connectivity index is 3.68. The standard InChI is InChI=1S/C27H48O12/c1-27(2,39-22-18-35-16-14-33-4)23(28)9-5-6-10-25(30)37-20-21-38-26(31)12-8-7-11-24(29)36-19-17-34-15-13-32-3/h5-22H2,1-4H3. The van der Waals surface area contributed by atoms with Gasteiger partial charge in [0.15, 0.2) is 5.78 Å². The van der Waals surface area contributed by atoms with Gasteiger partial charge in [0.05, 0.1) is 46.2 Å². The lowest BCUT2D eigenvalue weighted by Crippen LogP contribution is -2.36. The summed E-state index contributed by atoms with van der Waals surface area (Å²) in [5, 5.41) is 0. The minimum absolute atomic E-state index is 0.0321. The number of hydrogen-bond acceptors (Lipinski definition) is 12. The number of carbonyl (C=O) groups excluding carboxylic acids is 4. The molecule has 0 N–H and O–H groups in total. The quantitative estimate of drug-likeness (QED) is 0.0821. The summed E-state index contributed by atoms with van der Waals surface area (Å²) >= 11 is 0. The van der Waals surface area contributed by atoms with Crippen molar-refractivity contribution < 1.29 is 57.1 Å². The van der Waals surface area contributed by atoms with Crippen molar-refractivity contribution in [1.29, 1.82) is 0 Å². The zero-order valence-electron chi connectivity index (χ0n) is 24.1. The van der Waals surface area contributed by atoms with Crippen molar-refractivity contribution in [2.75, 3.05) is 80.3 Å². The van der Waals surface area contributed by atoms with Crippen LogP contribution < -0.4 is 0 Å². The maximum absolute atomic E-state index is 12.4. The number of carbonyl (C=O) groups is 4. The molecule has 39 heavy (non-hydrogen) atoms. The lowest BCUT2D eigenvalue weighted by Gasteiger charge is -2.23. The Morgan fingerprint density at radius 2 is 0.846 bits per heavy atom. The van der Waals surface area contributed by atoms with Gasteiger partial charge in [-0.25, -0.2) is 0 Å². The Hall–Kier alpha value is -2.12. The molecule has 0 unspecified atom stereocenters. The van der Waals surface area contributed by atoms with Gasteiger partial charge < -0.3 is 37.9 Å². The fourth-order valence-electron chi connectivity index (χ4n) is 3.06. The van der Waals surface area contributed by atoms with Gasteiger partial charge in [-0.2, -0.15) is 0 Å². The molecule has 0 fully saturated rings. The van der Waals surface area contributed by atoms with E-state index in [1.807, 2.05) is 0 Å². The summed E-state index contributed by atoms with van der Waals surface area (Å²) in [6.45, 7) is 6.46. The van der Waals surface area contributed by atoms with Gasteiger partial charge in [-0.15, -0.1) is 0 Å². The molecule has 0 aromatic carbocycles. The smallest absolute Gasteiger partial charge is 0.305 e. The Labute approximate surface area is 232 Å². The third kappa shape index (κ3) is 23.5. The molecule has 0 radical (unpaired) electrons. The second kappa shape index (κ2) is 24.9. The van der Waals surface area contributed by atoms with Crippen LogP contribution in [0.4, 0.5) is 0 Å². The van der Waals surface area contributed by atoms with Crippen LogP contribution in [0.25, 0.3) is 0 Å². The Morgan fingerprint density at radius 3 is 1.28 bits per heavy atom. The number of esters is 3. The first-order chi connectivity index (χ1) is 18.7. The van der Waals surface area contributed by atoms with Crippen molar-refractivity contribution in [2.24, 2.45) is 0 Å². The van der Waals surface area contributed by atoms with Crippen molar-refractivity contribution in [1.82, 2.24) is 0 Å². The second-order valence-electron chi connectivity index (χ2n) is 9.07. The number of rotatable bonds is 27. The van der Waals surface area contributed by atoms with Crippen LogP contribution in [0.3, 0.4) is 0 Å². The molecule has 0 bridgehead atoms. The summed E-state index contributed by atoms with van der Waals surface area (Å²) in [5.41, 5.74) is -0.919. The third-order valence-corrected chi connectivity index (χ3v) is 5.37. The van der Waals surface area contributed by atoms with E-state index >= 15 is 0 Å². The van der Waals surface area contributed by atoms with Crippen LogP contribution in [-0.2, 0) is 57.1 Å². The number of unbranched alkanes of at least 4 members (excludes halogenated alkanes) is 2. The maximum Gasteiger partial charge on any atom is 0.305 e. The van der Waals surface area contributed by atoms with Crippen molar-refractivity contribution in [3.8, 4) is 0 Å². The Kier molecular flexibility index (Phi) is 23.5. The monoisotopic (exact) mass is 564 g/mol. The van der Waals surface area contributed by atoms with Crippen molar-refractivity contribution in [3.05, 3.63) is 0 Å². The van der Waals surface area contributed by atoms with E-state index in [1.165, 1.54) is 0 Å². The van der Waals surface area contributed by atoms with Gasteiger partial charge in [0.2, 0.25) is 0 Å². The molecule has 0 saturated carbocycles. The van der Waals surface area contributed by atoms with E-state index in [0.29, 0.717) is 78.4 Å². The highest BCUT2D eigenvalue weighted by atomic mass is 16.6. The summed E-state index contributed by atoms with van der Waals surface area (Å²) in [7, 11) is 3.17. The van der Waals surface area contributed by atoms with Crippen LogP contribution >= 0.6 is 0 Å². The number of ketones is 1. The summed E-state index contributed by atoms with van der Waals surface area (Å²) in [5.74, 6) is -1.22. The van der Waals surface area contributed by atoms with Gasteiger partial charge in [0.1, 0.15) is 25.4 Å². The zero-order valence-corrected chi connectivity index (χ0v) is 24.1. The van der Waals surface area contributed by atoms with Crippen molar-refractivity contribution >= 4 is 23.7 Å². The highest BCUT2D eigenvalue weighted by molar-refractivity contribution is 5.86. The molecule has 0 rings (SSSR count). The predicted octanol–water partition coefficient (Wildman–Crippen LogP) is 2.43. The minimum atomic E-state index is -0.919. The average molecular weight is 565 g/mol. The van der Waals surface area contributed by atoms with Crippen LogP contribution in [0.2, 0.25) is 0 Å². The topological polar surface area (TPSA) is 142 Å². The van der Waals surface area contributed by atoms with E-state index < -0.39 is 17.5 Å². The number of ether oxygens (including phenoxy) is 8. The van der Waals surface area contributed by atoms with Gasteiger partial charge in [-0.05, 0) is 39.5 Å². The Morgan fingerprint density at radius 1 is 0.487 bits per heavy atom. The van der Waals surface area contributed by atoms with Crippen LogP contribution in [0, 0.1) is 0 Å². The van der Waals surface area contributed by atoms with Gasteiger partial charge >= 0.3 is 17.9 Å². The number of hydrogen-bond donors (Lipinski definition) is 0. The first-order valence-electron chi connectivity index (χ1n) is 13.5. The van der Waals surface area contributed by atoms with Crippen LogP contribution in [-0.4, -0.2) is 110 Å². The first-order valence-corrected chi connectivity index (χ1v) is 13.5. The molecule has 0 spiro atoms. The van der Waals surface area contributed by atoms with Crippen LogP contribution in [0.1, 0.15) is 65.2 Å². The second-order valence-corrected chi connectivity index (χ2v) is 9.07. The lowest BCUT2D eigenvalue weighted by atomic mass is 9.98. The minimum Gasteiger partial charge on any atom is -0.463 e. The molecule has 228 valence electrons. The van der Waals surface area contributed by atoms with E-state index in [0.717, 1.165) is 0 Å². The summed E-state index contributed by atoms with van der Waals surface area (Å²) in [6.07, 6.45) is 2.87. The molecule has 0 aromatic heterocycles. The summed E-state index contributed by atoms with van der Waals surface area (Å²) < 4.78 is 41.0. The van der Waals surface area contributed by atoms with E-state index in [-0.39, 0.29) is 50.8 Å². The third-order valence-electron chi connectivity index (χ3n) is 5.37. The van der Waals surface area contributed by atoms with E-state index in [2.05, 4.69) is 0 Å². The van der Waals surface area contributed by atoms with E-state index in [9.17, 15) is 19.2 Å². The molecule has 0 saturated heterocycles. The van der Waals surface area contributed by atoms with Crippen molar-refractivity contribution in [3.63, 3.8) is 0 Å². The molecule has 0 heterocycles. The van der Waals surface area contributed by atoms with Gasteiger partial charge in [-0.1, -0.05) is 0 Å². The zero-order chi connectivity index (χ0) is 29.2. The highest BCUT2D eigenvalue weighted by Crippen LogP contribution is 2.15. The lowest BCUT2D eigenvalue weighted by molar-refractivity contribution is -0.152. The highest BCUT2D eigenvalue weighted by Gasteiger charge is 2.27. The molecular formula is C27H48O12. The molecule has 12 heteroatoms. The van der Waals surface area contributed by atoms with Gasteiger partial charge in [-0.3, -0.25) is 19.2 Å². The number of Topliss-reactive ketones (excluding diaryl/α,β-unsaturated/α-hetero) is 1. The Bertz CT molecular complexity index is 665. The number of methoxy groups -OCH3 is 2. The molecule has 12 nitrogen and oxygen atoms in total. The van der Waals surface area contributed by atoms with Gasteiger partial charge in [0, 0.05) is 39.9 Å².